The number of hydrogen-bond acceptors (Lipinski definition) is 1. The quantitative estimate of drug-likeness (QED) is 0.536. The second kappa shape index (κ2) is 7.60. The summed E-state index contributed by atoms with van der Waals surface area (Å²) in [6.45, 7) is 4.34. The van der Waals surface area contributed by atoms with Gasteiger partial charge in [0.1, 0.15) is 0 Å². The van der Waals surface area contributed by atoms with Crippen molar-refractivity contribution in [2.45, 2.75) is 52.4 Å². The maximum absolute atomic E-state index is 8.71. The standard InChI is InChI=1S/C10H19N/c1-3-5-6-8-10(9-11)7-4-2/h10H,3-8H2,1-2H3/t10-/m1/s1. The van der Waals surface area contributed by atoms with Crippen LogP contribution in [0.4, 0.5) is 0 Å². The number of nitriles is 1. The highest BCUT2D eigenvalue weighted by Gasteiger charge is 2.03. The summed E-state index contributed by atoms with van der Waals surface area (Å²) in [5.74, 6) is 0.326. The van der Waals surface area contributed by atoms with Gasteiger partial charge in [0.05, 0.1) is 6.07 Å². The van der Waals surface area contributed by atoms with Crippen molar-refractivity contribution < 1.29 is 0 Å². The summed E-state index contributed by atoms with van der Waals surface area (Å²) in [6, 6.07) is 2.36. The van der Waals surface area contributed by atoms with Crippen LogP contribution in [0, 0.1) is 17.2 Å². The summed E-state index contributed by atoms with van der Waals surface area (Å²) in [5.41, 5.74) is 0. The minimum absolute atomic E-state index is 0.326. The van der Waals surface area contributed by atoms with E-state index in [4.69, 9.17) is 5.26 Å². The smallest absolute Gasteiger partial charge is 0.0655 e. The fraction of sp³-hybridized carbons (Fsp3) is 0.900. The maximum Gasteiger partial charge on any atom is 0.0655 e. The van der Waals surface area contributed by atoms with Gasteiger partial charge in [-0.1, -0.05) is 39.5 Å². The molecule has 0 spiro atoms. The average Bonchev–Trinajstić information content (AvgIpc) is 2.03. The molecule has 0 aliphatic rings. The summed E-state index contributed by atoms with van der Waals surface area (Å²) in [6.07, 6.45) is 7.10. The highest BCUT2D eigenvalue weighted by Crippen LogP contribution is 2.13. The molecule has 64 valence electrons. The Balaban J connectivity index is 3.30. The molecular formula is C10H19N. The van der Waals surface area contributed by atoms with Gasteiger partial charge in [-0.25, -0.2) is 0 Å². The molecule has 0 rings (SSSR count). The lowest BCUT2D eigenvalue weighted by Gasteiger charge is -2.05. The van der Waals surface area contributed by atoms with E-state index in [1.165, 1.54) is 19.3 Å². The van der Waals surface area contributed by atoms with Crippen LogP contribution in [0.2, 0.25) is 0 Å². The van der Waals surface area contributed by atoms with Gasteiger partial charge in [0.15, 0.2) is 0 Å². The molecule has 1 nitrogen and oxygen atoms in total. The largest absolute Gasteiger partial charge is 0.198 e. The Hall–Kier alpha value is -0.510. The first-order valence-corrected chi connectivity index (χ1v) is 4.74. The lowest BCUT2D eigenvalue weighted by Crippen LogP contribution is -1.95. The summed E-state index contributed by atoms with van der Waals surface area (Å²) in [5, 5.41) is 8.71. The van der Waals surface area contributed by atoms with Crippen molar-refractivity contribution in [3.05, 3.63) is 0 Å². The zero-order valence-electron chi connectivity index (χ0n) is 7.77. The van der Waals surface area contributed by atoms with E-state index in [2.05, 4.69) is 19.9 Å². The number of nitrogens with zero attached hydrogens (tertiary/aromatic N) is 1. The van der Waals surface area contributed by atoms with Crippen molar-refractivity contribution in [1.29, 1.82) is 5.26 Å². The third-order valence-corrected chi connectivity index (χ3v) is 1.98. The summed E-state index contributed by atoms with van der Waals surface area (Å²) >= 11 is 0. The molecule has 0 aliphatic carbocycles. The number of rotatable bonds is 6. The van der Waals surface area contributed by atoms with Crippen LogP contribution < -0.4 is 0 Å². The zero-order chi connectivity index (χ0) is 8.53. The van der Waals surface area contributed by atoms with Crippen molar-refractivity contribution in [2.24, 2.45) is 5.92 Å². The van der Waals surface area contributed by atoms with Gasteiger partial charge in [-0.2, -0.15) is 5.26 Å². The van der Waals surface area contributed by atoms with Gasteiger partial charge in [-0.15, -0.1) is 0 Å². The van der Waals surface area contributed by atoms with E-state index in [-0.39, 0.29) is 0 Å². The molecule has 0 bridgehead atoms. The van der Waals surface area contributed by atoms with Crippen molar-refractivity contribution in [3.8, 4) is 6.07 Å². The van der Waals surface area contributed by atoms with Crippen LogP contribution in [0.25, 0.3) is 0 Å². The SMILES string of the molecule is CCCCC[C@H](C#N)CCC. The Bertz CT molecular complexity index is 113. The molecule has 0 aliphatic heterocycles. The van der Waals surface area contributed by atoms with E-state index >= 15 is 0 Å². The summed E-state index contributed by atoms with van der Waals surface area (Å²) < 4.78 is 0. The number of unbranched alkanes of at least 4 members (excludes halogenated alkanes) is 2. The zero-order valence-corrected chi connectivity index (χ0v) is 7.77. The molecule has 0 aromatic carbocycles. The van der Waals surface area contributed by atoms with Gasteiger partial charge < -0.3 is 0 Å². The minimum Gasteiger partial charge on any atom is -0.198 e. The normalized spacial score (nSPS) is 12.5. The molecule has 0 aromatic rings. The third-order valence-electron chi connectivity index (χ3n) is 1.98. The fourth-order valence-electron chi connectivity index (χ4n) is 1.26. The second-order valence-electron chi connectivity index (χ2n) is 3.11. The third kappa shape index (κ3) is 5.91. The molecule has 0 fully saturated rings. The van der Waals surface area contributed by atoms with Crippen LogP contribution in [-0.2, 0) is 0 Å². The molecule has 0 aromatic heterocycles. The molecule has 0 amide bonds. The molecule has 0 heterocycles. The van der Waals surface area contributed by atoms with Crippen molar-refractivity contribution >= 4 is 0 Å². The monoisotopic (exact) mass is 153 g/mol. The molecule has 0 unspecified atom stereocenters. The molecule has 11 heavy (non-hydrogen) atoms. The molecule has 0 N–H and O–H groups in total. The molecular weight excluding hydrogens is 134 g/mol. The van der Waals surface area contributed by atoms with Crippen molar-refractivity contribution in [3.63, 3.8) is 0 Å². The molecule has 0 saturated heterocycles. The van der Waals surface area contributed by atoms with E-state index in [0.717, 1.165) is 19.3 Å². The van der Waals surface area contributed by atoms with E-state index in [1.54, 1.807) is 0 Å². The Morgan fingerprint density at radius 2 is 1.82 bits per heavy atom. The number of hydrogen-bond donors (Lipinski definition) is 0. The van der Waals surface area contributed by atoms with E-state index in [9.17, 15) is 0 Å². The van der Waals surface area contributed by atoms with Crippen LogP contribution in [0.3, 0.4) is 0 Å². The first-order chi connectivity index (χ1) is 5.35. The van der Waals surface area contributed by atoms with Gasteiger partial charge in [0.25, 0.3) is 0 Å². The second-order valence-corrected chi connectivity index (χ2v) is 3.11. The minimum atomic E-state index is 0.326. The van der Waals surface area contributed by atoms with Crippen LogP contribution in [0.1, 0.15) is 52.4 Å². The summed E-state index contributed by atoms with van der Waals surface area (Å²) in [7, 11) is 0. The predicted molar refractivity (Wildman–Crippen MR) is 48.2 cm³/mol. The van der Waals surface area contributed by atoms with E-state index in [0.29, 0.717) is 5.92 Å². The lowest BCUT2D eigenvalue weighted by molar-refractivity contribution is 0.511. The molecule has 1 atom stereocenters. The Morgan fingerprint density at radius 1 is 1.09 bits per heavy atom. The van der Waals surface area contributed by atoms with E-state index < -0.39 is 0 Å². The topological polar surface area (TPSA) is 23.8 Å². The van der Waals surface area contributed by atoms with Crippen LogP contribution >= 0.6 is 0 Å². The first-order valence-electron chi connectivity index (χ1n) is 4.74. The van der Waals surface area contributed by atoms with Gasteiger partial charge in [0, 0.05) is 5.92 Å². The summed E-state index contributed by atoms with van der Waals surface area (Å²) in [4.78, 5) is 0. The highest BCUT2D eigenvalue weighted by molar-refractivity contribution is 4.81. The molecule has 0 radical (unpaired) electrons. The maximum atomic E-state index is 8.71. The average molecular weight is 153 g/mol. The van der Waals surface area contributed by atoms with Crippen molar-refractivity contribution in [2.75, 3.05) is 0 Å². The van der Waals surface area contributed by atoms with Crippen molar-refractivity contribution in [1.82, 2.24) is 0 Å². The highest BCUT2D eigenvalue weighted by atomic mass is 14.3. The Kier molecular flexibility index (Phi) is 7.24. The molecule has 0 saturated carbocycles. The van der Waals surface area contributed by atoms with Gasteiger partial charge in [0.2, 0.25) is 0 Å². The van der Waals surface area contributed by atoms with Crippen LogP contribution in [-0.4, -0.2) is 0 Å². The fourth-order valence-corrected chi connectivity index (χ4v) is 1.26. The van der Waals surface area contributed by atoms with Gasteiger partial charge in [-0.3, -0.25) is 0 Å². The lowest BCUT2D eigenvalue weighted by atomic mass is 9.98. The van der Waals surface area contributed by atoms with E-state index in [1.807, 2.05) is 0 Å². The van der Waals surface area contributed by atoms with Gasteiger partial charge in [-0.05, 0) is 12.8 Å². The first kappa shape index (κ1) is 10.5. The molecule has 1 heteroatoms. The van der Waals surface area contributed by atoms with Crippen LogP contribution in [0.5, 0.6) is 0 Å². The Morgan fingerprint density at radius 3 is 2.27 bits per heavy atom. The van der Waals surface area contributed by atoms with Gasteiger partial charge >= 0.3 is 0 Å². The predicted octanol–water partition coefficient (Wildman–Crippen LogP) is 3.51. The Labute approximate surface area is 70.4 Å². The van der Waals surface area contributed by atoms with Crippen LogP contribution in [0.15, 0.2) is 0 Å².